The molecule has 0 bridgehead atoms. The minimum absolute atomic E-state index is 0.00344. The smallest absolute Gasteiger partial charge is 0.276 e. The number of anilines is 1. The zero-order valence-electron chi connectivity index (χ0n) is 16.1. The number of thioether (sulfide) groups is 1. The number of hydrogen-bond donors (Lipinski definition) is 0. The number of ether oxygens (including phenoxy) is 1. The third-order valence-corrected chi connectivity index (χ3v) is 5.89. The van der Waals surface area contributed by atoms with Crippen LogP contribution in [0.4, 0.5) is 11.4 Å². The average Bonchev–Trinajstić information content (AvgIpc) is 3.06. The standard InChI is InChI=1S/C23H16N2O4S2/c26-22-21(31-23(30)24(22)18-10-2-1-3-11-18)14-16-8-5-7-13-20(16)29-15-17-9-4-6-12-19(17)25(27)28/h1-14H,15H2. The fourth-order valence-electron chi connectivity index (χ4n) is 3.11. The van der Waals surface area contributed by atoms with Gasteiger partial charge in [0.15, 0.2) is 4.32 Å². The van der Waals surface area contributed by atoms with Gasteiger partial charge in [-0.25, -0.2) is 0 Å². The number of rotatable bonds is 6. The molecule has 31 heavy (non-hydrogen) atoms. The van der Waals surface area contributed by atoms with Crippen LogP contribution in [0, 0.1) is 10.1 Å². The molecular weight excluding hydrogens is 432 g/mol. The van der Waals surface area contributed by atoms with Crippen LogP contribution >= 0.6 is 24.0 Å². The van der Waals surface area contributed by atoms with Crippen LogP contribution in [0.15, 0.2) is 83.8 Å². The minimum atomic E-state index is -0.431. The van der Waals surface area contributed by atoms with Gasteiger partial charge in [-0.1, -0.05) is 72.5 Å². The number of nitro groups is 1. The van der Waals surface area contributed by atoms with Crippen LogP contribution in [0.25, 0.3) is 6.08 Å². The largest absolute Gasteiger partial charge is 0.488 e. The van der Waals surface area contributed by atoms with Crippen LogP contribution in [0.5, 0.6) is 5.75 Å². The molecule has 6 nitrogen and oxygen atoms in total. The van der Waals surface area contributed by atoms with E-state index < -0.39 is 4.92 Å². The summed E-state index contributed by atoms with van der Waals surface area (Å²) in [5.74, 6) is 0.320. The molecule has 1 aliphatic heterocycles. The molecular formula is C23H16N2O4S2. The van der Waals surface area contributed by atoms with Gasteiger partial charge in [0.1, 0.15) is 12.4 Å². The maximum Gasteiger partial charge on any atom is 0.276 e. The van der Waals surface area contributed by atoms with E-state index in [0.29, 0.717) is 31.8 Å². The summed E-state index contributed by atoms with van der Waals surface area (Å²) in [4.78, 5) is 25.7. The average molecular weight is 449 g/mol. The Hall–Kier alpha value is -3.49. The van der Waals surface area contributed by atoms with E-state index in [9.17, 15) is 14.9 Å². The van der Waals surface area contributed by atoms with Gasteiger partial charge in [0.05, 0.1) is 21.1 Å². The third kappa shape index (κ3) is 4.50. The van der Waals surface area contributed by atoms with E-state index in [1.807, 2.05) is 42.5 Å². The van der Waals surface area contributed by atoms with Crippen molar-refractivity contribution >= 4 is 51.7 Å². The lowest BCUT2D eigenvalue weighted by atomic mass is 10.1. The summed E-state index contributed by atoms with van der Waals surface area (Å²) in [6.07, 6.45) is 1.73. The van der Waals surface area contributed by atoms with Crippen molar-refractivity contribution in [2.75, 3.05) is 4.90 Å². The van der Waals surface area contributed by atoms with E-state index in [1.54, 1.807) is 36.4 Å². The zero-order chi connectivity index (χ0) is 21.8. The van der Waals surface area contributed by atoms with Crippen molar-refractivity contribution in [1.29, 1.82) is 0 Å². The summed E-state index contributed by atoms with van der Waals surface area (Å²) >= 11 is 6.64. The van der Waals surface area contributed by atoms with Crippen LogP contribution in [0.3, 0.4) is 0 Å². The van der Waals surface area contributed by atoms with Gasteiger partial charge in [-0.05, 0) is 30.3 Å². The molecule has 3 aromatic rings. The molecule has 0 aliphatic carbocycles. The molecule has 3 aromatic carbocycles. The topological polar surface area (TPSA) is 72.7 Å². The minimum Gasteiger partial charge on any atom is -0.488 e. The van der Waals surface area contributed by atoms with Crippen molar-refractivity contribution < 1.29 is 14.5 Å². The normalized spacial score (nSPS) is 14.8. The molecule has 8 heteroatoms. The summed E-state index contributed by atoms with van der Waals surface area (Å²) in [5.41, 5.74) is 1.88. The predicted octanol–water partition coefficient (Wildman–Crippen LogP) is 5.58. The Balaban J connectivity index is 1.58. The van der Waals surface area contributed by atoms with Crippen LogP contribution in [0.2, 0.25) is 0 Å². The third-order valence-electron chi connectivity index (χ3n) is 4.59. The summed E-state index contributed by atoms with van der Waals surface area (Å²) in [5, 5.41) is 11.2. The predicted molar refractivity (Wildman–Crippen MR) is 126 cm³/mol. The Morgan fingerprint density at radius 2 is 1.68 bits per heavy atom. The molecule has 1 aliphatic rings. The molecule has 1 heterocycles. The molecule has 1 saturated heterocycles. The maximum atomic E-state index is 13.0. The second-order valence-corrected chi connectivity index (χ2v) is 8.24. The molecule has 0 unspecified atom stereocenters. The first-order valence-corrected chi connectivity index (χ1v) is 10.5. The summed E-state index contributed by atoms with van der Waals surface area (Å²) < 4.78 is 6.34. The van der Waals surface area contributed by atoms with Crippen molar-refractivity contribution in [2.45, 2.75) is 6.61 Å². The van der Waals surface area contributed by atoms with Gasteiger partial charge in [-0.15, -0.1) is 0 Å². The fourth-order valence-corrected chi connectivity index (χ4v) is 4.40. The zero-order valence-corrected chi connectivity index (χ0v) is 17.8. The van der Waals surface area contributed by atoms with Crippen molar-refractivity contribution in [1.82, 2.24) is 0 Å². The lowest BCUT2D eigenvalue weighted by molar-refractivity contribution is -0.385. The molecule has 1 amide bonds. The molecule has 0 atom stereocenters. The van der Waals surface area contributed by atoms with Gasteiger partial charge in [-0.3, -0.25) is 19.8 Å². The first-order valence-electron chi connectivity index (χ1n) is 9.32. The van der Waals surface area contributed by atoms with E-state index in [-0.39, 0.29) is 18.2 Å². The molecule has 0 saturated carbocycles. The lowest BCUT2D eigenvalue weighted by Crippen LogP contribution is -2.27. The van der Waals surface area contributed by atoms with Crippen LogP contribution in [0.1, 0.15) is 11.1 Å². The number of carbonyl (C=O) groups excluding carboxylic acids is 1. The Morgan fingerprint density at radius 3 is 2.45 bits per heavy atom. The number of nitro benzene ring substituents is 1. The highest BCUT2D eigenvalue weighted by Gasteiger charge is 2.33. The van der Waals surface area contributed by atoms with E-state index in [2.05, 4.69) is 0 Å². The summed E-state index contributed by atoms with van der Waals surface area (Å²) in [7, 11) is 0. The van der Waals surface area contributed by atoms with E-state index in [0.717, 1.165) is 0 Å². The number of nitrogens with zero attached hydrogens (tertiary/aromatic N) is 2. The maximum absolute atomic E-state index is 13.0. The van der Waals surface area contributed by atoms with Crippen LogP contribution in [-0.4, -0.2) is 15.2 Å². The number of hydrogen-bond acceptors (Lipinski definition) is 6. The first-order chi connectivity index (χ1) is 15.0. The number of para-hydroxylation sites is 3. The summed E-state index contributed by atoms with van der Waals surface area (Å²) in [6.45, 7) is 0.0347. The van der Waals surface area contributed by atoms with E-state index in [1.165, 1.54) is 22.7 Å². The van der Waals surface area contributed by atoms with Crippen molar-refractivity contribution in [3.63, 3.8) is 0 Å². The highest BCUT2D eigenvalue weighted by molar-refractivity contribution is 8.27. The van der Waals surface area contributed by atoms with Crippen LogP contribution < -0.4 is 9.64 Å². The van der Waals surface area contributed by atoms with Gasteiger partial charge < -0.3 is 4.74 Å². The number of amides is 1. The fraction of sp³-hybridized carbons (Fsp3) is 0.0435. The molecule has 1 fully saturated rings. The Labute approximate surface area is 188 Å². The second kappa shape index (κ2) is 9.11. The van der Waals surface area contributed by atoms with Crippen molar-refractivity contribution in [2.24, 2.45) is 0 Å². The number of benzene rings is 3. The SMILES string of the molecule is O=C1C(=Cc2ccccc2OCc2ccccc2[N+](=O)[O-])SC(=S)N1c1ccccc1. The highest BCUT2D eigenvalue weighted by Crippen LogP contribution is 2.37. The van der Waals surface area contributed by atoms with Gasteiger partial charge in [-0.2, -0.15) is 0 Å². The molecule has 0 radical (unpaired) electrons. The molecule has 0 spiro atoms. The monoisotopic (exact) mass is 448 g/mol. The number of carbonyl (C=O) groups is 1. The van der Waals surface area contributed by atoms with Gasteiger partial charge >= 0.3 is 0 Å². The molecule has 0 aromatic heterocycles. The van der Waals surface area contributed by atoms with Gasteiger partial charge in [0.25, 0.3) is 11.6 Å². The Kier molecular flexibility index (Phi) is 6.11. The first kappa shape index (κ1) is 20.8. The molecule has 0 N–H and O–H groups in total. The molecule has 4 rings (SSSR count). The lowest BCUT2D eigenvalue weighted by Gasteiger charge is -2.14. The van der Waals surface area contributed by atoms with E-state index in [4.69, 9.17) is 17.0 Å². The highest BCUT2D eigenvalue weighted by atomic mass is 32.2. The molecule has 154 valence electrons. The second-order valence-electron chi connectivity index (χ2n) is 6.56. The number of thiocarbonyl (C=S) groups is 1. The van der Waals surface area contributed by atoms with Crippen LogP contribution in [-0.2, 0) is 11.4 Å². The summed E-state index contributed by atoms with van der Waals surface area (Å²) in [6, 6.07) is 22.9. The van der Waals surface area contributed by atoms with Crippen molar-refractivity contribution in [3.8, 4) is 5.75 Å². The Bertz CT molecular complexity index is 1190. The van der Waals surface area contributed by atoms with E-state index >= 15 is 0 Å². The quantitative estimate of drug-likeness (QED) is 0.212. The van der Waals surface area contributed by atoms with Gasteiger partial charge in [0, 0.05) is 11.6 Å². The van der Waals surface area contributed by atoms with Crippen molar-refractivity contribution in [3.05, 3.63) is 105 Å². The van der Waals surface area contributed by atoms with Gasteiger partial charge in [0.2, 0.25) is 0 Å². The Morgan fingerprint density at radius 1 is 1.00 bits per heavy atom.